The van der Waals surface area contributed by atoms with Crippen molar-refractivity contribution in [3.63, 3.8) is 0 Å². The number of rotatable bonds is 10. The van der Waals surface area contributed by atoms with Crippen LogP contribution in [0.1, 0.15) is 44.6 Å². The smallest absolute Gasteiger partial charge is 0.243 e. The number of carbonyl (C=O) groups is 2. The van der Waals surface area contributed by atoms with Gasteiger partial charge in [0.1, 0.15) is 6.04 Å². The predicted molar refractivity (Wildman–Crippen MR) is 138 cm³/mol. The van der Waals surface area contributed by atoms with Crippen LogP contribution in [-0.2, 0) is 26.2 Å². The summed E-state index contributed by atoms with van der Waals surface area (Å²) in [7, 11) is -2.59. The van der Waals surface area contributed by atoms with Crippen LogP contribution < -0.4 is 5.32 Å². The highest BCUT2D eigenvalue weighted by atomic mass is 35.5. The fraction of sp³-hybridized carbons (Fsp3) is 0.440. The molecular formula is C25H31Cl2N3O4S. The lowest BCUT2D eigenvalue weighted by Crippen LogP contribution is -2.53. The number of amides is 2. The highest BCUT2D eigenvalue weighted by molar-refractivity contribution is 7.89. The van der Waals surface area contributed by atoms with E-state index in [1.165, 1.54) is 36.2 Å². The molecule has 1 N–H and O–H groups in total. The number of likely N-dealkylation sites (N-methyl/N-ethyl adjacent to an activating group) is 1. The minimum atomic E-state index is -3.94. The molecular weight excluding hydrogens is 509 g/mol. The number of carbonyl (C=O) groups excluding carboxylic acids is 2. The third-order valence-electron chi connectivity index (χ3n) is 6.27. The number of hydrogen-bond acceptors (Lipinski definition) is 4. The molecule has 190 valence electrons. The second kappa shape index (κ2) is 12.2. The van der Waals surface area contributed by atoms with Crippen molar-refractivity contribution in [1.82, 2.24) is 14.5 Å². The number of sulfonamides is 1. The fourth-order valence-corrected chi connectivity index (χ4v) is 5.69. The quantitative estimate of drug-likeness (QED) is 0.482. The molecule has 0 aliphatic heterocycles. The van der Waals surface area contributed by atoms with Gasteiger partial charge in [0, 0.05) is 29.7 Å². The lowest BCUT2D eigenvalue weighted by molar-refractivity contribution is -0.141. The Hall–Kier alpha value is -2.13. The largest absolute Gasteiger partial charge is 0.352 e. The van der Waals surface area contributed by atoms with E-state index in [0.717, 1.165) is 30.0 Å². The second-order valence-electron chi connectivity index (χ2n) is 8.74. The molecule has 0 aromatic heterocycles. The first-order chi connectivity index (χ1) is 16.6. The van der Waals surface area contributed by atoms with E-state index in [9.17, 15) is 18.0 Å². The molecule has 2 amide bonds. The van der Waals surface area contributed by atoms with Crippen molar-refractivity contribution in [3.05, 3.63) is 64.1 Å². The van der Waals surface area contributed by atoms with Crippen LogP contribution >= 0.6 is 23.2 Å². The molecule has 0 saturated heterocycles. The summed E-state index contributed by atoms with van der Waals surface area (Å²) in [6, 6.07) is 12.2. The Morgan fingerprint density at radius 2 is 1.69 bits per heavy atom. The third-order valence-corrected chi connectivity index (χ3v) is 8.70. The Bertz CT molecular complexity index is 1140. The summed E-state index contributed by atoms with van der Waals surface area (Å²) in [5, 5.41) is 3.95. The SMILES string of the molecule is CCC(C(=O)NC1CCCC1)N(Cc1ccccc1Cl)C(=O)CN(C)S(=O)(=O)c1ccc(Cl)cc1. The molecule has 1 unspecified atom stereocenters. The maximum absolute atomic E-state index is 13.5. The molecule has 1 saturated carbocycles. The van der Waals surface area contributed by atoms with E-state index < -0.39 is 28.5 Å². The first-order valence-electron chi connectivity index (χ1n) is 11.7. The average Bonchev–Trinajstić information content (AvgIpc) is 3.33. The van der Waals surface area contributed by atoms with Crippen molar-refractivity contribution in [2.75, 3.05) is 13.6 Å². The molecule has 1 aliphatic rings. The number of nitrogens with one attached hydrogen (secondary N) is 1. The summed E-state index contributed by atoms with van der Waals surface area (Å²) in [6.45, 7) is 1.49. The minimum absolute atomic E-state index is 0.0286. The van der Waals surface area contributed by atoms with Crippen LogP contribution in [0.5, 0.6) is 0 Å². The second-order valence-corrected chi connectivity index (χ2v) is 11.6. The molecule has 35 heavy (non-hydrogen) atoms. The van der Waals surface area contributed by atoms with Gasteiger partial charge in [-0.2, -0.15) is 4.31 Å². The normalized spacial score (nSPS) is 15.2. The van der Waals surface area contributed by atoms with Crippen molar-refractivity contribution in [3.8, 4) is 0 Å². The number of halogens is 2. The molecule has 0 radical (unpaired) electrons. The molecule has 0 spiro atoms. The van der Waals surface area contributed by atoms with Crippen LogP contribution in [0.25, 0.3) is 0 Å². The zero-order valence-electron chi connectivity index (χ0n) is 19.9. The minimum Gasteiger partial charge on any atom is -0.352 e. The van der Waals surface area contributed by atoms with Gasteiger partial charge in [0.25, 0.3) is 0 Å². The van der Waals surface area contributed by atoms with E-state index >= 15 is 0 Å². The van der Waals surface area contributed by atoms with Gasteiger partial charge in [0.05, 0.1) is 11.4 Å². The average molecular weight is 541 g/mol. The lowest BCUT2D eigenvalue weighted by atomic mass is 10.1. The van der Waals surface area contributed by atoms with Gasteiger partial charge in [-0.3, -0.25) is 9.59 Å². The number of nitrogens with zero attached hydrogens (tertiary/aromatic N) is 2. The standard InChI is InChI=1S/C25H31Cl2N3O4S/c1-3-23(25(32)28-20-9-5-6-10-20)30(16-18-8-4-7-11-22(18)27)24(31)17-29(2)35(33,34)21-14-12-19(26)13-15-21/h4,7-8,11-15,20,23H,3,5-6,9-10,16-17H2,1-2H3,(H,28,32). The van der Waals surface area contributed by atoms with Crippen LogP contribution in [0.4, 0.5) is 0 Å². The first-order valence-corrected chi connectivity index (χ1v) is 13.9. The molecule has 2 aromatic carbocycles. The van der Waals surface area contributed by atoms with E-state index in [1.54, 1.807) is 24.3 Å². The van der Waals surface area contributed by atoms with Gasteiger partial charge in [0.2, 0.25) is 21.8 Å². The maximum atomic E-state index is 13.5. The van der Waals surface area contributed by atoms with Crippen LogP contribution in [0.3, 0.4) is 0 Å². The van der Waals surface area contributed by atoms with Gasteiger partial charge < -0.3 is 10.2 Å². The molecule has 1 fully saturated rings. The van der Waals surface area contributed by atoms with E-state index in [1.807, 2.05) is 6.92 Å². The number of benzene rings is 2. The van der Waals surface area contributed by atoms with Gasteiger partial charge in [-0.1, -0.05) is 61.2 Å². The molecule has 0 heterocycles. The Morgan fingerprint density at radius 1 is 1.06 bits per heavy atom. The number of hydrogen-bond donors (Lipinski definition) is 1. The van der Waals surface area contributed by atoms with Gasteiger partial charge in [-0.25, -0.2) is 8.42 Å². The van der Waals surface area contributed by atoms with Crippen molar-refractivity contribution in [1.29, 1.82) is 0 Å². The maximum Gasteiger partial charge on any atom is 0.243 e. The Labute approximate surface area is 217 Å². The zero-order chi connectivity index (χ0) is 25.6. The molecule has 3 rings (SSSR count). The van der Waals surface area contributed by atoms with Crippen molar-refractivity contribution < 1.29 is 18.0 Å². The highest BCUT2D eigenvalue weighted by Crippen LogP contribution is 2.23. The molecule has 1 atom stereocenters. The van der Waals surface area contributed by atoms with Gasteiger partial charge in [0.15, 0.2) is 0 Å². The zero-order valence-corrected chi connectivity index (χ0v) is 22.2. The van der Waals surface area contributed by atoms with Gasteiger partial charge in [-0.15, -0.1) is 0 Å². The van der Waals surface area contributed by atoms with E-state index in [4.69, 9.17) is 23.2 Å². The van der Waals surface area contributed by atoms with Crippen molar-refractivity contribution >= 4 is 45.0 Å². The molecule has 7 nitrogen and oxygen atoms in total. The van der Waals surface area contributed by atoms with E-state index in [-0.39, 0.29) is 23.4 Å². The van der Waals surface area contributed by atoms with Crippen molar-refractivity contribution in [2.45, 2.75) is 62.6 Å². The van der Waals surface area contributed by atoms with E-state index in [2.05, 4.69) is 5.32 Å². The Balaban J connectivity index is 1.85. The summed E-state index contributed by atoms with van der Waals surface area (Å²) >= 11 is 12.2. The highest BCUT2D eigenvalue weighted by Gasteiger charge is 2.33. The van der Waals surface area contributed by atoms with Crippen LogP contribution in [0.2, 0.25) is 10.0 Å². The first kappa shape index (κ1) is 27.5. The Morgan fingerprint density at radius 3 is 2.29 bits per heavy atom. The monoisotopic (exact) mass is 539 g/mol. The third kappa shape index (κ3) is 6.97. The summed E-state index contributed by atoms with van der Waals surface area (Å²) in [4.78, 5) is 28.2. The van der Waals surface area contributed by atoms with Gasteiger partial charge >= 0.3 is 0 Å². The van der Waals surface area contributed by atoms with Crippen LogP contribution in [0.15, 0.2) is 53.4 Å². The fourth-order valence-electron chi connectivity index (χ4n) is 4.25. The topological polar surface area (TPSA) is 86.8 Å². The predicted octanol–water partition coefficient (Wildman–Crippen LogP) is 4.48. The van der Waals surface area contributed by atoms with Crippen LogP contribution in [0, 0.1) is 0 Å². The Kier molecular flexibility index (Phi) is 9.58. The van der Waals surface area contributed by atoms with Crippen molar-refractivity contribution in [2.24, 2.45) is 0 Å². The summed E-state index contributed by atoms with van der Waals surface area (Å²) in [6.07, 6.45) is 4.35. The molecule has 1 aliphatic carbocycles. The van der Waals surface area contributed by atoms with Gasteiger partial charge in [-0.05, 0) is 55.2 Å². The summed E-state index contributed by atoms with van der Waals surface area (Å²) in [5.41, 5.74) is 0.679. The summed E-state index contributed by atoms with van der Waals surface area (Å²) < 4.78 is 27.0. The van der Waals surface area contributed by atoms with Crippen LogP contribution in [-0.4, -0.2) is 55.1 Å². The summed E-state index contributed by atoms with van der Waals surface area (Å²) in [5.74, 6) is -0.721. The molecule has 10 heteroatoms. The molecule has 0 bridgehead atoms. The molecule has 2 aromatic rings. The van der Waals surface area contributed by atoms with E-state index in [0.29, 0.717) is 22.0 Å². The lowest BCUT2D eigenvalue weighted by Gasteiger charge is -2.32.